The summed E-state index contributed by atoms with van der Waals surface area (Å²) in [6.07, 6.45) is 5.94. The molecule has 4 nitrogen and oxygen atoms in total. The number of amides is 1. The van der Waals surface area contributed by atoms with Gasteiger partial charge in [-0.25, -0.2) is 4.98 Å². The molecule has 1 N–H and O–H groups in total. The number of aromatic nitrogens is 1. The summed E-state index contributed by atoms with van der Waals surface area (Å²) in [5, 5.41) is 3.67. The van der Waals surface area contributed by atoms with Gasteiger partial charge in [0.05, 0.1) is 17.3 Å². The number of fused-ring (bicyclic) bond motifs is 3. The van der Waals surface area contributed by atoms with Crippen molar-refractivity contribution in [1.82, 2.24) is 4.98 Å². The van der Waals surface area contributed by atoms with Crippen molar-refractivity contribution in [1.29, 1.82) is 0 Å². The number of methoxy groups -OCH3 is 1. The monoisotopic (exact) mass is 316 g/mol. The minimum Gasteiger partial charge on any atom is -0.497 e. The number of thiazole rings is 1. The van der Waals surface area contributed by atoms with E-state index in [0.29, 0.717) is 17.5 Å². The smallest absolute Gasteiger partial charge is 0.226 e. The van der Waals surface area contributed by atoms with Gasteiger partial charge < -0.3 is 10.1 Å². The summed E-state index contributed by atoms with van der Waals surface area (Å²) in [4.78, 5) is 16.8. The molecular weight excluding hydrogens is 296 g/mol. The van der Waals surface area contributed by atoms with Crippen molar-refractivity contribution in [2.75, 3.05) is 12.4 Å². The number of hydrogen-bond donors (Lipinski definition) is 1. The summed E-state index contributed by atoms with van der Waals surface area (Å²) in [6, 6.07) is 5.78. The minimum absolute atomic E-state index is 0.114. The normalized spacial score (nSPS) is 26.5. The molecule has 2 aromatic rings. The third-order valence-electron chi connectivity index (χ3n) is 5.17. The van der Waals surface area contributed by atoms with E-state index in [9.17, 15) is 4.79 Å². The van der Waals surface area contributed by atoms with Gasteiger partial charge in [0.15, 0.2) is 5.13 Å². The van der Waals surface area contributed by atoms with Gasteiger partial charge in [-0.1, -0.05) is 17.8 Å². The van der Waals surface area contributed by atoms with Crippen molar-refractivity contribution < 1.29 is 9.53 Å². The molecule has 5 heteroatoms. The predicted octanol–water partition coefficient (Wildman–Crippen LogP) is 4.07. The van der Waals surface area contributed by atoms with Crippen LogP contribution in [0.25, 0.3) is 10.2 Å². The number of carbonyl (C=O) groups is 1. The molecule has 1 amide bonds. The van der Waals surface area contributed by atoms with Crippen LogP contribution in [0.15, 0.2) is 18.2 Å². The maximum Gasteiger partial charge on any atom is 0.226 e. The van der Waals surface area contributed by atoms with Crippen molar-refractivity contribution in [3.63, 3.8) is 0 Å². The standard InChI is InChI=1S/C17H20N2O2S/c1-21-13-4-5-14-15(9-13)22-17(18-14)19-16(20)8-12-7-10-2-3-11(12)6-10/h4-5,9-12H,2-3,6-8H2,1H3,(H,18,19,20). The van der Waals surface area contributed by atoms with E-state index in [0.717, 1.165) is 27.8 Å². The molecule has 2 aliphatic carbocycles. The van der Waals surface area contributed by atoms with Gasteiger partial charge in [0.1, 0.15) is 5.75 Å². The zero-order valence-corrected chi connectivity index (χ0v) is 13.5. The third kappa shape index (κ3) is 2.58. The second-order valence-electron chi connectivity index (χ2n) is 6.54. The van der Waals surface area contributed by atoms with Gasteiger partial charge in [0.2, 0.25) is 5.91 Å². The van der Waals surface area contributed by atoms with Gasteiger partial charge >= 0.3 is 0 Å². The van der Waals surface area contributed by atoms with Gasteiger partial charge in [0, 0.05) is 6.42 Å². The highest BCUT2D eigenvalue weighted by molar-refractivity contribution is 7.22. The fourth-order valence-corrected chi connectivity index (χ4v) is 5.03. The molecule has 3 atom stereocenters. The summed E-state index contributed by atoms with van der Waals surface area (Å²) < 4.78 is 6.26. The molecule has 2 bridgehead atoms. The molecule has 116 valence electrons. The van der Waals surface area contributed by atoms with Crippen LogP contribution < -0.4 is 10.1 Å². The molecule has 2 fully saturated rings. The number of carbonyl (C=O) groups excluding carboxylic acids is 1. The molecule has 3 unspecified atom stereocenters. The topological polar surface area (TPSA) is 51.2 Å². The van der Waals surface area contributed by atoms with Crippen LogP contribution in [0.3, 0.4) is 0 Å². The minimum atomic E-state index is 0.114. The third-order valence-corrected chi connectivity index (χ3v) is 6.11. The van der Waals surface area contributed by atoms with Crippen LogP contribution in [-0.2, 0) is 4.79 Å². The van der Waals surface area contributed by atoms with Crippen molar-refractivity contribution in [3.05, 3.63) is 18.2 Å². The first-order valence-electron chi connectivity index (χ1n) is 7.95. The van der Waals surface area contributed by atoms with Crippen LogP contribution in [0, 0.1) is 17.8 Å². The molecular formula is C17H20N2O2S. The summed E-state index contributed by atoms with van der Waals surface area (Å²) in [5.41, 5.74) is 0.904. The van der Waals surface area contributed by atoms with E-state index in [1.165, 1.54) is 37.0 Å². The zero-order chi connectivity index (χ0) is 15.1. The van der Waals surface area contributed by atoms with E-state index in [4.69, 9.17) is 4.74 Å². The first-order chi connectivity index (χ1) is 10.7. The lowest BCUT2D eigenvalue weighted by Gasteiger charge is -2.20. The molecule has 22 heavy (non-hydrogen) atoms. The number of hydrogen-bond acceptors (Lipinski definition) is 4. The van der Waals surface area contributed by atoms with Crippen LogP contribution >= 0.6 is 11.3 Å². The maximum absolute atomic E-state index is 12.3. The molecule has 4 rings (SSSR count). The molecule has 0 aliphatic heterocycles. The number of ether oxygens (including phenoxy) is 1. The molecule has 2 saturated carbocycles. The van der Waals surface area contributed by atoms with Crippen molar-refractivity contribution in [2.24, 2.45) is 17.8 Å². The van der Waals surface area contributed by atoms with Gasteiger partial charge in [-0.3, -0.25) is 4.79 Å². The zero-order valence-electron chi connectivity index (χ0n) is 12.7. The maximum atomic E-state index is 12.3. The Hall–Kier alpha value is -1.62. The molecule has 2 aliphatic rings. The van der Waals surface area contributed by atoms with E-state index >= 15 is 0 Å². The number of benzene rings is 1. The average Bonchev–Trinajstić information content (AvgIpc) is 3.20. The van der Waals surface area contributed by atoms with Crippen LogP contribution in [-0.4, -0.2) is 18.0 Å². The van der Waals surface area contributed by atoms with Crippen molar-refractivity contribution >= 4 is 32.6 Å². The van der Waals surface area contributed by atoms with E-state index in [1.807, 2.05) is 18.2 Å². The molecule has 1 aromatic heterocycles. The molecule has 0 spiro atoms. The van der Waals surface area contributed by atoms with Gasteiger partial charge in [-0.15, -0.1) is 0 Å². The molecule has 0 saturated heterocycles. The van der Waals surface area contributed by atoms with Crippen LogP contribution in [0.1, 0.15) is 32.1 Å². The van der Waals surface area contributed by atoms with Crippen molar-refractivity contribution in [3.8, 4) is 5.75 Å². The summed E-state index contributed by atoms with van der Waals surface area (Å²) in [5.74, 6) is 3.20. The Morgan fingerprint density at radius 3 is 3.05 bits per heavy atom. The Kier molecular flexibility index (Phi) is 3.53. The van der Waals surface area contributed by atoms with E-state index in [-0.39, 0.29) is 5.91 Å². The molecule has 1 aromatic carbocycles. The molecule has 1 heterocycles. The number of nitrogens with one attached hydrogen (secondary N) is 1. The number of anilines is 1. The van der Waals surface area contributed by atoms with Gasteiger partial charge in [-0.2, -0.15) is 0 Å². The van der Waals surface area contributed by atoms with Gasteiger partial charge in [0.25, 0.3) is 0 Å². The number of rotatable bonds is 4. The predicted molar refractivity (Wildman–Crippen MR) is 88.4 cm³/mol. The fraction of sp³-hybridized carbons (Fsp3) is 0.529. The summed E-state index contributed by atoms with van der Waals surface area (Å²) in [6.45, 7) is 0. The lowest BCUT2D eigenvalue weighted by molar-refractivity contribution is -0.117. The number of nitrogens with zero attached hydrogens (tertiary/aromatic N) is 1. The van der Waals surface area contributed by atoms with Crippen LogP contribution in [0.2, 0.25) is 0 Å². The second kappa shape index (κ2) is 5.54. The Morgan fingerprint density at radius 1 is 1.41 bits per heavy atom. The Morgan fingerprint density at radius 2 is 2.32 bits per heavy atom. The lowest BCUT2D eigenvalue weighted by atomic mass is 9.86. The lowest BCUT2D eigenvalue weighted by Crippen LogP contribution is -2.20. The fourth-order valence-electron chi connectivity index (χ4n) is 4.12. The quantitative estimate of drug-likeness (QED) is 0.925. The highest BCUT2D eigenvalue weighted by Crippen LogP contribution is 2.49. The highest BCUT2D eigenvalue weighted by atomic mass is 32.1. The highest BCUT2D eigenvalue weighted by Gasteiger charge is 2.40. The SMILES string of the molecule is COc1ccc2nc(NC(=O)CC3CC4CCC3C4)sc2c1. The summed E-state index contributed by atoms with van der Waals surface area (Å²) >= 11 is 1.51. The largest absolute Gasteiger partial charge is 0.497 e. The first kappa shape index (κ1) is 14.0. The summed E-state index contributed by atoms with van der Waals surface area (Å²) in [7, 11) is 1.65. The Balaban J connectivity index is 1.43. The van der Waals surface area contributed by atoms with Gasteiger partial charge in [-0.05, 0) is 55.2 Å². The van der Waals surface area contributed by atoms with E-state index in [1.54, 1.807) is 7.11 Å². The van der Waals surface area contributed by atoms with E-state index < -0.39 is 0 Å². The molecule has 0 radical (unpaired) electrons. The van der Waals surface area contributed by atoms with E-state index in [2.05, 4.69) is 10.3 Å². The average molecular weight is 316 g/mol. The van der Waals surface area contributed by atoms with Crippen LogP contribution in [0.4, 0.5) is 5.13 Å². The second-order valence-corrected chi connectivity index (χ2v) is 7.57. The Labute approximate surface area is 133 Å². The first-order valence-corrected chi connectivity index (χ1v) is 8.77. The Bertz CT molecular complexity index is 712. The van der Waals surface area contributed by atoms with Crippen molar-refractivity contribution in [2.45, 2.75) is 32.1 Å². The van der Waals surface area contributed by atoms with Crippen LogP contribution in [0.5, 0.6) is 5.75 Å².